The highest BCUT2D eigenvalue weighted by Gasteiger charge is 2.13. The second-order valence-corrected chi connectivity index (χ2v) is 5.45. The van der Waals surface area contributed by atoms with Gasteiger partial charge >= 0.3 is 0 Å². The summed E-state index contributed by atoms with van der Waals surface area (Å²) in [6.45, 7) is 7.53. The van der Waals surface area contributed by atoms with Crippen LogP contribution in [0, 0.1) is 0 Å². The first kappa shape index (κ1) is 16.0. The number of aromatic nitrogens is 2. The number of rotatable bonds is 5. The number of imidazole rings is 1. The van der Waals surface area contributed by atoms with E-state index in [1.165, 1.54) is 0 Å². The Labute approximate surface area is 119 Å². The second kappa shape index (κ2) is 7.52. The number of hydrogen-bond acceptors (Lipinski definition) is 3. The zero-order chi connectivity index (χ0) is 15.0. The first-order valence-corrected chi connectivity index (χ1v) is 6.62. The van der Waals surface area contributed by atoms with Crippen LogP contribution >= 0.6 is 0 Å². The van der Waals surface area contributed by atoms with Crippen LogP contribution in [0.5, 0.6) is 0 Å². The maximum atomic E-state index is 11.7. The molecule has 3 N–H and O–H groups in total. The van der Waals surface area contributed by atoms with Crippen LogP contribution in [0.4, 0.5) is 0 Å². The minimum absolute atomic E-state index is 0.0601. The number of hydrogen-bond donors (Lipinski definition) is 3. The monoisotopic (exact) mass is 280 g/mol. The summed E-state index contributed by atoms with van der Waals surface area (Å²) in [6, 6.07) is 0. The Bertz CT molecular complexity index is 432. The molecule has 0 aliphatic rings. The second-order valence-electron chi connectivity index (χ2n) is 5.45. The molecular formula is C13H24N6O. The highest BCUT2D eigenvalue weighted by Crippen LogP contribution is 1.97. The summed E-state index contributed by atoms with van der Waals surface area (Å²) in [5.41, 5.74) is -0.225. The number of nitrogens with zero attached hydrogens (tertiary/aromatic N) is 3. The lowest BCUT2D eigenvalue weighted by Crippen LogP contribution is -2.48. The molecule has 0 spiro atoms. The van der Waals surface area contributed by atoms with Crippen molar-refractivity contribution in [2.24, 2.45) is 4.99 Å². The van der Waals surface area contributed by atoms with Crippen molar-refractivity contribution in [3.05, 3.63) is 18.7 Å². The molecular weight excluding hydrogens is 256 g/mol. The van der Waals surface area contributed by atoms with E-state index in [1.807, 2.05) is 31.5 Å². The van der Waals surface area contributed by atoms with Crippen LogP contribution in [-0.4, -0.2) is 47.1 Å². The van der Waals surface area contributed by atoms with Crippen LogP contribution in [0.15, 0.2) is 23.7 Å². The molecule has 7 heteroatoms. The SMILES string of the molecule is CN=C(NCCn1ccnc1)NCC(=O)NC(C)(C)C. The molecule has 0 saturated heterocycles. The number of guanidine groups is 1. The quantitative estimate of drug-likeness (QED) is 0.522. The molecule has 0 unspecified atom stereocenters. The molecule has 1 rings (SSSR count). The fourth-order valence-corrected chi connectivity index (χ4v) is 1.57. The molecule has 112 valence electrons. The number of amides is 1. The zero-order valence-corrected chi connectivity index (χ0v) is 12.6. The summed E-state index contributed by atoms with van der Waals surface area (Å²) < 4.78 is 1.96. The number of carbonyl (C=O) groups is 1. The van der Waals surface area contributed by atoms with E-state index in [1.54, 1.807) is 19.6 Å². The first-order valence-electron chi connectivity index (χ1n) is 6.62. The normalized spacial score (nSPS) is 12.1. The lowest BCUT2D eigenvalue weighted by atomic mass is 10.1. The largest absolute Gasteiger partial charge is 0.355 e. The molecule has 1 aromatic heterocycles. The van der Waals surface area contributed by atoms with Crippen LogP contribution in [0.3, 0.4) is 0 Å². The van der Waals surface area contributed by atoms with E-state index in [2.05, 4.69) is 25.9 Å². The highest BCUT2D eigenvalue weighted by atomic mass is 16.2. The molecule has 0 aliphatic heterocycles. The summed E-state index contributed by atoms with van der Waals surface area (Å²) in [6.07, 6.45) is 5.40. The molecule has 0 fully saturated rings. The third-order valence-electron chi connectivity index (χ3n) is 2.38. The Balaban J connectivity index is 2.24. The van der Waals surface area contributed by atoms with Gasteiger partial charge in [0, 0.05) is 38.1 Å². The number of aliphatic imine (C=N–C) groups is 1. The van der Waals surface area contributed by atoms with Gasteiger partial charge in [-0.3, -0.25) is 9.79 Å². The van der Waals surface area contributed by atoms with Crippen molar-refractivity contribution in [1.29, 1.82) is 0 Å². The Morgan fingerprint density at radius 1 is 1.35 bits per heavy atom. The van der Waals surface area contributed by atoms with E-state index in [0.717, 1.165) is 6.54 Å². The van der Waals surface area contributed by atoms with E-state index < -0.39 is 0 Å². The molecule has 7 nitrogen and oxygen atoms in total. The number of carbonyl (C=O) groups excluding carboxylic acids is 1. The van der Waals surface area contributed by atoms with Crippen LogP contribution in [0.25, 0.3) is 0 Å². The topological polar surface area (TPSA) is 83.3 Å². The Morgan fingerprint density at radius 2 is 2.10 bits per heavy atom. The van der Waals surface area contributed by atoms with Crippen LogP contribution in [0.1, 0.15) is 20.8 Å². The lowest BCUT2D eigenvalue weighted by molar-refractivity contribution is -0.121. The fourth-order valence-electron chi connectivity index (χ4n) is 1.57. The van der Waals surface area contributed by atoms with Gasteiger partial charge in [0.15, 0.2) is 5.96 Å². The molecule has 0 atom stereocenters. The van der Waals surface area contributed by atoms with Crippen molar-refractivity contribution in [3.63, 3.8) is 0 Å². The maximum absolute atomic E-state index is 11.7. The predicted molar refractivity (Wildman–Crippen MR) is 79.5 cm³/mol. The average molecular weight is 280 g/mol. The molecule has 20 heavy (non-hydrogen) atoms. The average Bonchev–Trinajstić information content (AvgIpc) is 2.84. The van der Waals surface area contributed by atoms with Crippen LogP contribution in [0.2, 0.25) is 0 Å². The van der Waals surface area contributed by atoms with Crippen molar-refractivity contribution in [2.45, 2.75) is 32.9 Å². The van der Waals surface area contributed by atoms with E-state index in [4.69, 9.17) is 0 Å². The van der Waals surface area contributed by atoms with Gasteiger partial charge in [-0.15, -0.1) is 0 Å². The van der Waals surface area contributed by atoms with Crippen LogP contribution < -0.4 is 16.0 Å². The van der Waals surface area contributed by atoms with Gasteiger partial charge in [0.25, 0.3) is 0 Å². The van der Waals surface area contributed by atoms with Crippen LogP contribution in [-0.2, 0) is 11.3 Å². The van der Waals surface area contributed by atoms with Gasteiger partial charge in [-0.2, -0.15) is 0 Å². The van der Waals surface area contributed by atoms with E-state index in [9.17, 15) is 4.79 Å². The van der Waals surface area contributed by atoms with E-state index >= 15 is 0 Å². The molecule has 0 radical (unpaired) electrons. The maximum Gasteiger partial charge on any atom is 0.239 e. The molecule has 0 aliphatic carbocycles. The van der Waals surface area contributed by atoms with Crippen molar-refractivity contribution < 1.29 is 4.79 Å². The minimum atomic E-state index is -0.225. The summed E-state index contributed by atoms with van der Waals surface area (Å²) in [4.78, 5) is 19.7. The Kier molecular flexibility index (Phi) is 6.02. The van der Waals surface area contributed by atoms with E-state index in [0.29, 0.717) is 12.5 Å². The Morgan fingerprint density at radius 3 is 2.65 bits per heavy atom. The van der Waals surface area contributed by atoms with Gasteiger partial charge in [-0.25, -0.2) is 4.98 Å². The summed E-state index contributed by atoms with van der Waals surface area (Å²) in [5.74, 6) is 0.546. The van der Waals surface area contributed by atoms with Gasteiger partial charge in [-0.1, -0.05) is 0 Å². The van der Waals surface area contributed by atoms with Crippen molar-refractivity contribution >= 4 is 11.9 Å². The van der Waals surface area contributed by atoms with E-state index in [-0.39, 0.29) is 18.0 Å². The van der Waals surface area contributed by atoms with Gasteiger partial charge < -0.3 is 20.5 Å². The predicted octanol–water partition coefficient (Wildman–Crippen LogP) is -0.0372. The standard InChI is InChI=1S/C13H24N6O/c1-13(2,3)18-11(20)9-17-12(14-4)16-6-8-19-7-5-15-10-19/h5,7,10H,6,8-9H2,1-4H3,(H,18,20)(H2,14,16,17). The smallest absolute Gasteiger partial charge is 0.239 e. The lowest BCUT2D eigenvalue weighted by Gasteiger charge is -2.21. The third kappa shape index (κ3) is 6.77. The Hall–Kier alpha value is -2.05. The van der Waals surface area contributed by atoms with Crippen molar-refractivity contribution in [2.75, 3.05) is 20.1 Å². The fraction of sp³-hybridized carbons (Fsp3) is 0.615. The molecule has 1 aromatic rings. The molecule has 1 amide bonds. The number of nitrogens with one attached hydrogen (secondary N) is 3. The zero-order valence-electron chi connectivity index (χ0n) is 12.6. The minimum Gasteiger partial charge on any atom is -0.355 e. The van der Waals surface area contributed by atoms with Gasteiger partial charge in [0.2, 0.25) is 5.91 Å². The van der Waals surface area contributed by atoms with Crippen molar-refractivity contribution in [1.82, 2.24) is 25.5 Å². The summed E-state index contributed by atoms with van der Waals surface area (Å²) in [5, 5.41) is 8.99. The van der Waals surface area contributed by atoms with Crippen molar-refractivity contribution in [3.8, 4) is 0 Å². The highest BCUT2D eigenvalue weighted by molar-refractivity contribution is 5.86. The molecule has 0 aromatic carbocycles. The summed E-state index contributed by atoms with van der Waals surface area (Å²) >= 11 is 0. The summed E-state index contributed by atoms with van der Waals surface area (Å²) in [7, 11) is 1.67. The molecule has 0 saturated carbocycles. The molecule has 0 bridgehead atoms. The molecule has 1 heterocycles. The third-order valence-corrected chi connectivity index (χ3v) is 2.38. The first-order chi connectivity index (χ1) is 9.40. The van der Waals surface area contributed by atoms with Gasteiger partial charge in [0.05, 0.1) is 12.9 Å². The van der Waals surface area contributed by atoms with Gasteiger partial charge in [0.1, 0.15) is 0 Å². The van der Waals surface area contributed by atoms with Gasteiger partial charge in [-0.05, 0) is 20.8 Å².